The number of carboxylic acids is 1. The van der Waals surface area contributed by atoms with Gasteiger partial charge in [0, 0.05) is 19.0 Å². The van der Waals surface area contributed by atoms with Crippen molar-refractivity contribution < 1.29 is 19.5 Å². The monoisotopic (exact) mass is 293 g/mol. The number of rotatable bonds is 7. The van der Waals surface area contributed by atoms with Crippen molar-refractivity contribution in [1.82, 2.24) is 10.6 Å². The smallest absolute Gasteiger partial charge is 0.315 e. The molecule has 1 atom stereocenters. The fourth-order valence-corrected chi connectivity index (χ4v) is 1.87. The van der Waals surface area contributed by atoms with Crippen LogP contribution in [-0.2, 0) is 22.6 Å². The summed E-state index contributed by atoms with van der Waals surface area (Å²) in [5.41, 5.74) is 6.42. The quantitative estimate of drug-likeness (QED) is 0.580. The van der Waals surface area contributed by atoms with Crippen LogP contribution in [0.25, 0.3) is 0 Å². The average Bonchev–Trinajstić information content (AvgIpc) is 2.35. The Morgan fingerprint density at radius 2 is 1.86 bits per heavy atom. The van der Waals surface area contributed by atoms with E-state index in [2.05, 4.69) is 10.6 Å². The molecule has 0 aliphatic carbocycles. The first-order chi connectivity index (χ1) is 9.88. The number of nitrogens with one attached hydrogen (secondary N) is 2. The van der Waals surface area contributed by atoms with Crippen LogP contribution in [0, 0.1) is 0 Å². The molecule has 0 saturated carbocycles. The zero-order valence-corrected chi connectivity index (χ0v) is 11.8. The van der Waals surface area contributed by atoms with Gasteiger partial charge in [0.15, 0.2) is 0 Å². The van der Waals surface area contributed by atoms with Gasteiger partial charge in [0.25, 0.3) is 0 Å². The van der Waals surface area contributed by atoms with Gasteiger partial charge in [0.05, 0.1) is 6.42 Å². The van der Waals surface area contributed by atoms with E-state index in [-0.39, 0.29) is 25.4 Å². The van der Waals surface area contributed by atoms with E-state index in [1.807, 2.05) is 0 Å². The second-order valence-electron chi connectivity index (χ2n) is 4.74. The molecule has 0 aliphatic rings. The lowest BCUT2D eigenvalue weighted by atomic mass is 10.0. The number of urea groups is 1. The van der Waals surface area contributed by atoms with Gasteiger partial charge in [0.2, 0.25) is 5.91 Å². The Morgan fingerprint density at radius 1 is 1.24 bits per heavy atom. The lowest BCUT2D eigenvalue weighted by molar-refractivity contribution is -0.136. The standard InChI is InChI=1S/C14H19N3O4/c1-9(6-12(15)18)17-14(21)16-8-11-5-3-2-4-10(11)7-13(19)20/h2-5,9H,6-8H2,1H3,(H2,15,18)(H,19,20)(H2,16,17,21). The van der Waals surface area contributed by atoms with Crippen LogP contribution in [0.1, 0.15) is 24.5 Å². The van der Waals surface area contributed by atoms with Crippen LogP contribution in [-0.4, -0.2) is 29.1 Å². The van der Waals surface area contributed by atoms with E-state index >= 15 is 0 Å². The maximum absolute atomic E-state index is 11.7. The number of benzene rings is 1. The van der Waals surface area contributed by atoms with E-state index in [1.54, 1.807) is 31.2 Å². The highest BCUT2D eigenvalue weighted by Gasteiger charge is 2.11. The first-order valence-corrected chi connectivity index (χ1v) is 6.49. The minimum atomic E-state index is -0.929. The van der Waals surface area contributed by atoms with E-state index in [9.17, 15) is 14.4 Å². The molecule has 5 N–H and O–H groups in total. The average molecular weight is 293 g/mol. The molecule has 0 saturated heterocycles. The molecule has 1 aromatic carbocycles. The molecule has 7 nitrogen and oxygen atoms in total. The number of aliphatic carboxylic acids is 1. The van der Waals surface area contributed by atoms with Gasteiger partial charge in [-0.1, -0.05) is 24.3 Å². The maximum atomic E-state index is 11.7. The normalized spacial score (nSPS) is 11.5. The largest absolute Gasteiger partial charge is 0.481 e. The molecule has 0 heterocycles. The Hall–Kier alpha value is -2.57. The summed E-state index contributed by atoms with van der Waals surface area (Å²) in [5, 5.41) is 14.0. The van der Waals surface area contributed by atoms with Crippen molar-refractivity contribution in [2.75, 3.05) is 0 Å². The predicted octanol–water partition coefficient (Wildman–Crippen LogP) is 0.377. The summed E-state index contributed by atoms with van der Waals surface area (Å²) < 4.78 is 0. The van der Waals surface area contributed by atoms with Gasteiger partial charge in [-0.15, -0.1) is 0 Å². The lowest BCUT2D eigenvalue weighted by Gasteiger charge is -2.14. The molecule has 3 amide bonds. The zero-order valence-electron chi connectivity index (χ0n) is 11.8. The van der Waals surface area contributed by atoms with Crippen LogP contribution in [0.4, 0.5) is 4.79 Å². The fraction of sp³-hybridized carbons (Fsp3) is 0.357. The molecule has 0 radical (unpaired) electrons. The topological polar surface area (TPSA) is 122 Å². The predicted molar refractivity (Wildman–Crippen MR) is 76.4 cm³/mol. The Kier molecular flexibility index (Phi) is 6.19. The third kappa shape index (κ3) is 6.42. The summed E-state index contributed by atoms with van der Waals surface area (Å²) in [7, 11) is 0. The van der Waals surface area contributed by atoms with Crippen molar-refractivity contribution in [1.29, 1.82) is 0 Å². The van der Waals surface area contributed by atoms with E-state index in [1.165, 1.54) is 0 Å². The molecule has 1 aromatic rings. The highest BCUT2D eigenvalue weighted by Crippen LogP contribution is 2.09. The van der Waals surface area contributed by atoms with Crippen LogP contribution in [0.15, 0.2) is 24.3 Å². The molecule has 0 aliphatic heterocycles. The van der Waals surface area contributed by atoms with E-state index < -0.39 is 17.9 Å². The molecule has 1 unspecified atom stereocenters. The minimum Gasteiger partial charge on any atom is -0.481 e. The molecular formula is C14H19N3O4. The summed E-state index contributed by atoms with van der Waals surface area (Å²) in [6, 6.07) is 6.18. The number of amides is 3. The highest BCUT2D eigenvalue weighted by molar-refractivity contribution is 5.77. The number of carboxylic acid groups (broad SMARTS) is 1. The van der Waals surface area contributed by atoms with Gasteiger partial charge in [-0.3, -0.25) is 9.59 Å². The van der Waals surface area contributed by atoms with Crippen LogP contribution >= 0.6 is 0 Å². The van der Waals surface area contributed by atoms with E-state index in [0.717, 1.165) is 5.56 Å². The lowest BCUT2D eigenvalue weighted by Crippen LogP contribution is -2.42. The summed E-state index contributed by atoms with van der Waals surface area (Å²) in [4.78, 5) is 33.1. The molecule has 0 fully saturated rings. The van der Waals surface area contributed by atoms with Crippen LogP contribution in [0.5, 0.6) is 0 Å². The number of primary amides is 1. The molecule has 1 rings (SSSR count). The molecule has 114 valence electrons. The summed E-state index contributed by atoms with van der Waals surface area (Å²) in [6.45, 7) is 1.88. The van der Waals surface area contributed by atoms with Crippen molar-refractivity contribution >= 4 is 17.9 Å². The molecule has 7 heteroatoms. The van der Waals surface area contributed by atoms with Crippen molar-refractivity contribution in [2.45, 2.75) is 32.4 Å². The van der Waals surface area contributed by atoms with Crippen LogP contribution < -0.4 is 16.4 Å². The molecule has 0 spiro atoms. The van der Waals surface area contributed by atoms with Crippen molar-refractivity contribution in [3.63, 3.8) is 0 Å². The van der Waals surface area contributed by atoms with Gasteiger partial charge >= 0.3 is 12.0 Å². The number of hydrogen-bond donors (Lipinski definition) is 4. The molecular weight excluding hydrogens is 274 g/mol. The number of carbonyl (C=O) groups is 3. The first kappa shape index (κ1) is 16.5. The Morgan fingerprint density at radius 3 is 2.43 bits per heavy atom. The Labute approximate surface area is 122 Å². The number of nitrogens with two attached hydrogens (primary N) is 1. The van der Waals surface area contributed by atoms with E-state index in [0.29, 0.717) is 5.56 Å². The van der Waals surface area contributed by atoms with Gasteiger partial charge < -0.3 is 21.5 Å². The number of carbonyl (C=O) groups excluding carboxylic acids is 2. The zero-order chi connectivity index (χ0) is 15.8. The van der Waals surface area contributed by atoms with Gasteiger partial charge in [-0.05, 0) is 18.1 Å². The third-order valence-corrected chi connectivity index (χ3v) is 2.78. The minimum absolute atomic E-state index is 0.0586. The molecule has 0 aromatic heterocycles. The number of hydrogen-bond acceptors (Lipinski definition) is 3. The SMILES string of the molecule is CC(CC(N)=O)NC(=O)NCc1ccccc1CC(=O)O. The fourth-order valence-electron chi connectivity index (χ4n) is 1.87. The van der Waals surface area contributed by atoms with E-state index in [4.69, 9.17) is 10.8 Å². The highest BCUT2D eigenvalue weighted by atomic mass is 16.4. The maximum Gasteiger partial charge on any atom is 0.315 e. The Bertz CT molecular complexity index is 531. The second kappa shape index (κ2) is 7.88. The van der Waals surface area contributed by atoms with Crippen LogP contribution in [0.2, 0.25) is 0 Å². The third-order valence-electron chi connectivity index (χ3n) is 2.78. The second-order valence-corrected chi connectivity index (χ2v) is 4.74. The summed E-state index contributed by atoms with van der Waals surface area (Å²) >= 11 is 0. The summed E-state index contributed by atoms with van der Waals surface area (Å²) in [5.74, 6) is -1.42. The first-order valence-electron chi connectivity index (χ1n) is 6.49. The Balaban J connectivity index is 2.53. The van der Waals surface area contributed by atoms with Gasteiger partial charge in [0.1, 0.15) is 0 Å². The molecule has 0 bridgehead atoms. The van der Waals surface area contributed by atoms with Crippen molar-refractivity contribution in [2.24, 2.45) is 5.73 Å². The van der Waals surface area contributed by atoms with Crippen LogP contribution in [0.3, 0.4) is 0 Å². The molecule has 21 heavy (non-hydrogen) atoms. The van der Waals surface area contributed by atoms with Crippen molar-refractivity contribution in [3.05, 3.63) is 35.4 Å². The van der Waals surface area contributed by atoms with Gasteiger partial charge in [-0.2, -0.15) is 0 Å². The van der Waals surface area contributed by atoms with Crippen molar-refractivity contribution in [3.8, 4) is 0 Å². The van der Waals surface area contributed by atoms with Gasteiger partial charge in [-0.25, -0.2) is 4.79 Å². The summed E-state index contributed by atoms with van der Waals surface area (Å²) in [6.07, 6.45) is -0.0411.